The van der Waals surface area contributed by atoms with Gasteiger partial charge in [0.2, 0.25) is 12.7 Å². The first-order valence-electron chi connectivity index (χ1n) is 8.71. The molecule has 0 bridgehead atoms. The molecule has 134 valence electrons. The molecule has 1 aromatic carbocycles. The van der Waals surface area contributed by atoms with Gasteiger partial charge in [0.25, 0.3) is 0 Å². The third kappa shape index (κ3) is 4.61. The molecule has 0 saturated carbocycles. The van der Waals surface area contributed by atoms with Gasteiger partial charge in [-0.15, -0.1) is 0 Å². The maximum absolute atomic E-state index is 12.6. The lowest BCUT2D eigenvalue weighted by molar-refractivity contribution is -0.134. The molecule has 1 heterocycles. The van der Waals surface area contributed by atoms with Gasteiger partial charge in [-0.2, -0.15) is 0 Å². The van der Waals surface area contributed by atoms with Crippen molar-refractivity contribution >= 4 is 5.91 Å². The first-order valence-corrected chi connectivity index (χ1v) is 8.71. The highest BCUT2D eigenvalue weighted by Crippen LogP contribution is 2.33. The zero-order valence-corrected chi connectivity index (χ0v) is 14.7. The van der Waals surface area contributed by atoms with E-state index in [9.17, 15) is 4.79 Å². The largest absolute Gasteiger partial charge is 0.454 e. The van der Waals surface area contributed by atoms with E-state index in [0.717, 1.165) is 36.3 Å². The van der Waals surface area contributed by atoms with Gasteiger partial charge in [0, 0.05) is 12.6 Å². The van der Waals surface area contributed by atoms with Gasteiger partial charge in [-0.3, -0.25) is 4.79 Å². The van der Waals surface area contributed by atoms with E-state index >= 15 is 0 Å². The summed E-state index contributed by atoms with van der Waals surface area (Å²) >= 11 is 0. The fourth-order valence-electron chi connectivity index (χ4n) is 3.05. The molecule has 2 atom stereocenters. The summed E-state index contributed by atoms with van der Waals surface area (Å²) in [4.78, 5) is 14.5. The molecule has 0 radical (unpaired) electrons. The molecule has 0 saturated heterocycles. The molecule has 0 fully saturated rings. The van der Waals surface area contributed by atoms with Crippen LogP contribution in [0.3, 0.4) is 0 Å². The summed E-state index contributed by atoms with van der Waals surface area (Å²) in [6.45, 7) is 5.60. The number of hydrogen-bond donors (Lipinski definition) is 2. The first-order chi connectivity index (χ1) is 11.6. The number of benzene rings is 1. The van der Waals surface area contributed by atoms with Crippen LogP contribution in [-0.2, 0) is 11.2 Å². The Labute approximate surface area is 144 Å². The molecular formula is C18H29N3O3. The summed E-state index contributed by atoms with van der Waals surface area (Å²) in [6.07, 6.45) is 3.23. The molecule has 0 spiro atoms. The highest BCUT2D eigenvalue weighted by atomic mass is 16.7. The Bertz CT molecular complexity index is 550. The van der Waals surface area contributed by atoms with Gasteiger partial charge < -0.3 is 25.8 Å². The molecular weight excluding hydrogens is 306 g/mol. The Kier molecular flexibility index (Phi) is 6.87. The van der Waals surface area contributed by atoms with Gasteiger partial charge in [0.15, 0.2) is 11.5 Å². The fraction of sp³-hybridized carbons (Fsp3) is 0.611. The van der Waals surface area contributed by atoms with Crippen molar-refractivity contribution in [1.82, 2.24) is 4.90 Å². The van der Waals surface area contributed by atoms with Crippen molar-refractivity contribution < 1.29 is 14.3 Å². The molecule has 0 aliphatic carbocycles. The number of nitrogens with zero attached hydrogens (tertiary/aromatic N) is 1. The maximum Gasteiger partial charge on any atom is 0.239 e. The van der Waals surface area contributed by atoms with Gasteiger partial charge in [-0.05, 0) is 57.4 Å². The van der Waals surface area contributed by atoms with E-state index in [1.807, 2.05) is 30.0 Å². The maximum atomic E-state index is 12.6. The number of likely N-dealkylation sites (N-methyl/N-ethyl adjacent to an activating group) is 1. The minimum absolute atomic E-state index is 0.0164. The first kappa shape index (κ1) is 18.5. The van der Waals surface area contributed by atoms with Crippen LogP contribution in [0.15, 0.2) is 18.2 Å². The van der Waals surface area contributed by atoms with Crippen LogP contribution in [0.1, 0.15) is 38.7 Å². The average molecular weight is 335 g/mol. The monoisotopic (exact) mass is 335 g/mol. The Morgan fingerprint density at radius 1 is 1.29 bits per heavy atom. The summed E-state index contributed by atoms with van der Waals surface area (Å²) in [5.74, 6) is 1.56. The summed E-state index contributed by atoms with van der Waals surface area (Å²) in [5, 5.41) is 0. The highest BCUT2D eigenvalue weighted by Gasteiger charge is 2.24. The lowest BCUT2D eigenvalue weighted by Gasteiger charge is -2.30. The molecule has 1 aliphatic rings. The predicted molar refractivity (Wildman–Crippen MR) is 94.0 cm³/mol. The van der Waals surface area contributed by atoms with Crippen LogP contribution in [0.2, 0.25) is 0 Å². The van der Waals surface area contributed by atoms with Crippen molar-refractivity contribution in [3.63, 3.8) is 0 Å². The number of rotatable bonds is 9. The Morgan fingerprint density at radius 3 is 2.75 bits per heavy atom. The van der Waals surface area contributed by atoms with Crippen LogP contribution in [-0.4, -0.2) is 42.8 Å². The smallest absolute Gasteiger partial charge is 0.239 e. The normalized spacial score (nSPS) is 15.2. The number of carbonyl (C=O) groups is 1. The molecule has 0 aromatic heterocycles. The topological polar surface area (TPSA) is 90.8 Å². The van der Waals surface area contributed by atoms with E-state index in [1.165, 1.54) is 0 Å². The molecule has 6 heteroatoms. The van der Waals surface area contributed by atoms with Gasteiger partial charge in [-0.25, -0.2) is 0 Å². The quantitative estimate of drug-likeness (QED) is 0.670. The van der Waals surface area contributed by atoms with Crippen LogP contribution in [0, 0.1) is 0 Å². The second-order valence-corrected chi connectivity index (χ2v) is 6.26. The Hall–Kier alpha value is -1.79. The van der Waals surface area contributed by atoms with Crippen LogP contribution in [0.5, 0.6) is 11.5 Å². The van der Waals surface area contributed by atoms with Gasteiger partial charge in [0.05, 0.1) is 6.04 Å². The molecule has 4 N–H and O–H groups in total. The summed E-state index contributed by atoms with van der Waals surface area (Å²) in [6, 6.07) is 5.54. The van der Waals surface area contributed by atoms with E-state index in [4.69, 9.17) is 20.9 Å². The molecule has 1 aliphatic heterocycles. The number of fused-ring (bicyclic) bond motifs is 1. The van der Waals surface area contributed by atoms with Crippen LogP contribution in [0.4, 0.5) is 0 Å². The Morgan fingerprint density at radius 2 is 2.04 bits per heavy atom. The third-order valence-electron chi connectivity index (χ3n) is 4.41. The lowest BCUT2D eigenvalue weighted by atomic mass is 10.0. The molecule has 6 nitrogen and oxygen atoms in total. The van der Waals surface area contributed by atoms with Crippen molar-refractivity contribution in [3.8, 4) is 11.5 Å². The standard InChI is InChI=1S/C18H29N3O3/c1-3-21(18(22)15(20)6-4-5-9-19)13(2)10-14-7-8-16-17(11-14)24-12-23-16/h7-8,11,13,15H,3-6,9-10,12,19-20H2,1-2H3. The molecule has 1 aromatic rings. The summed E-state index contributed by atoms with van der Waals surface area (Å²) in [5.41, 5.74) is 12.7. The van der Waals surface area contributed by atoms with Crippen molar-refractivity contribution in [1.29, 1.82) is 0 Å². The number of carbonyl (C=O) groups excluding carboxylic acids is 1. The van der Waals surface area contributed by atoms with Gasteiger partial charge >= 0.3 is 0 Å². The molecule has 2 rings (SSSR count). The summed E-state index contributed by atoms with van der Waals surface area (Å²) in [7, 11) is 0. The van der Waals surface area contributed by atoms with E-state index in [2.05, 4.69) is 6.92 Å². The number of unbranched alkanes of at least 4 members (excludes halogenated alkanes) is 1. The second-order valence-electron chi connectivity index (χ2n) is 6.26. The molecule has 1 amide bonds. The Balaban J connectivity index is 1.95. The van der Waals surface area contributed by atoms with Crippen molar-refractivity contribution in [3.05, 3.63) is 23.8 Å². The van der Waals surface area contributed by atoms with Gasteiger partial charge in [0.1, 0.15) is 0 Å². The molecule has 24 heavy (non-hydrogen) atoms. The number of nitrogens with two attached hydrogens (primary N) is 2. The number of ether oxygens (including phenoxy) is 2. The van der Waals surface area contributed by atoms with Crippen LogP contribution in [0.25, 0.3) is 0 Å². The minimum atomic E-state index is -0.448. The van der Waals surface area contributed by atoms with Crippen LogP contribution < -0.4 is 20.9 Å². The third-order valence-corrected chi connectivity index (χ3v) is 4.41. The van der Waals surface area contributed by atoms with E-state index in [0.29, 0.717) is 19.5 Å². The zero-order chi connectivity index (χ0) is 17.5. The zero-order valence-electron chi connectivity index (χ0n) is 14.7. The van der Waals surface area contributed by atoms with E-state index in [1.54, 1.807) is 0 Å². The minimum Gasteiger partial charge on any atom is -0.454 e. The van der Waals surface area contributed by atoms with Crippen molar-refractivity contribution in [2.75, 3.05) is 19.9 Å². The van der Waals surface area contributed by atoms with E-state index < -0.39 is 6.04 Å². The predicted octanol–water partition coefficient (Wildman–Crippen LogP) is 1.65. The second kappa shape index (κ2) is 8.89. The van der Waals surface area contributed by atoms with Crippen molar-refractivity contribution in [2.24, 2.45) is 11.5 Å². The lowest BCUT2D eigenvalue weighted by Crippen LogP contribution is -2.48. The summed E-state index contributed by atoms with van der Waals surface area (Å²) < 4.78 is 10.7. The SMILES string of the molecule is CCN(C(=O)C(N)CCCCN)C(C)Cc1ccc2c(c1)OCO2. The van der Waals surface area contributed by atoms with Gasteiger partial charge in [-0.1, -0.05) is 12.5 Å². The van der Waals surface area contributed by atoms with E-state index in [-0.39, 0.29) is 18.7 Å². The highest BCUT2D eigenvalue weighted by molar-refractivity contribution is 5.81. The average Bonchev–Trinajstić information content (AvgIpc) is 3.03. The van der Waals surface area contributed by atoms with Crippen molar-refractivity contribution in [2.45, 2.75) is 51.6 Å². The fourth-order valence-corrected chi connectivity index (χ4v) is 3.05. The molecule has 2 unspecified atom stereocenters. The number of amides is 1. The van der Waals surface area contributed by atoms with Crippen LogP contribution >= 0.6 is 0 Å². The number of hydrogen-bond acceptors (Lipinski definition) is 5.